The van der Waals surface area contributed by atoms with Crippen LogP contribution in [0.4, 0.5) is 23.1 Å². The van der Waals surface area contributed by atoms with E-state index in [9.17, 15) is 4.79 Å². The van der Waals surface area contributed by atoms with Crippen LogP contribution < -0.4 is 10.6 Å². The normalized spacial score (nSPS) is 10.2. The summed E-state index contributed by atoms with van der Waals surface area (Å²) in [5.74, 6) is 0.536. The van der Waals surface area contributed by atoms with E-state index in [4.69, 9.17) is 16.3 Å². The Balaban J connectivity index is 1.81. The minimum Gasteiger partial charge on any atom is -0.465 e. The molecular weight excluding hydrogens is 340 g/mol. The maximum absolute atomic E-state index is 11.7. The molecule has 6 nitrogen and oxygen atoms in total. The van der Waals surface area contributed by atoms with Crippen LogP contribution in [0.1, 0.15) is 10.4 Å². The summed E-state index contributed by atoms with van der Waals surface area (Å²) in [4.78, 5) is 20.2. The van der Waals surface area contributed by atoms with Gasteiger partial charge in [-0.25, -0.2) is 9.78 Å². The Morgan fingerprint density at radius 2 is 1.88 bits per heavy atom. The molecule has 0 saturated heterocycles. The summed E-state index contributed by atoms with van der Waals surface area (Å²) in [6, 6.07) is 16.2. The maximum atomic E-state index is 11.7. The average molecular weight is 355 g/mol. The number of aromatic nitrogens is 2. The van der Waals surface area contributed by atoms with Gasteiger partial charge in [0.05, 0.1) is 23.4 Å². The molecule has 3 rings (SSSR count). The first-order valence-electron chi connectivity index (χ1n) is 7.46. The lowest BCUT2D eigenvalue weighted by Crippen LogP contribution is -2.04. The number of carbonyl (C=O) groups is 1. The van der Waals surface area contributed by atoms with Crippen molar-refractivity contribution in [1.29, 1.82) is 0 Å². The topological polar surface area (TPSA) is 76.1 Å². The average Bonchev–Trinajstić information content (AvgIpc) is 2.64. The van der Waals surface area contributed by atoms with Crippen molar-refractivity contribution in [2.24, 2.45) is 0 Å². The van der Waals surface area contributed by atoms with Crippen LogP contribution in [0.2, 0.25) is 5.02 Å². The second kappa shape index (κ2) is 7.63. The quantitative estimate of drug-likeness (QED) is 0.661. The van der Waals surface area contributed by atoms with Gasteiger partial charge in [-0.3, -0.25) is 0 Å². The number of ether oxygens (including phenoxy) is 1. The van der Waals surface area contributed by atoms with Crippen molar-refractivity contribution in [3.05, 3.63) is 71.4 Å². The fourth-order valence-corrected chi connectivity index (χ4v) is 2.31. The molecule has 0 fully saturated rings. The van der Waals surface area contributed by atoms with Gasteiger partial charge in [-0.1, -0.05) is 29.8 Å². The Bertz CT molecular complexity index is 887. The molecule has 0 atom stereocenters. The van der Waals surface area contributed by atoms with Crippen LogP contribution in [-0.2, 0) is 4.74 Å². The zero-order valence-corrected chi connectivity index (χ0v) is 14.1. The summed E-state index contributed by atoms with van der Waals surface area (Å²) in [6.45, 7) is 0. The van der Waals surface area contributed by atoms with Crippen LogP contribution in [0.15, 0.2) is 60.8 Å². The Hall–Kier alpha value is -3.12. The molecule has 25 heavy (non-hydrogen) atoms. The van der Waals surface area contributed by atoms with Gasteiger partial charge in [0.1, 0.15) is 5.82 Å². The first-order chi connectivity index (χ1) is 12.2. The van der Waals surface area contributed by atoms with Crippen molar-refractivity contribution in [2.75, 3.05) is 17.7 Å². The largest absolute Gasteiger partial charge is 0.465 e. The molecule has 1 heterocycles. The smallest absolute Gasteiger partial charge is 0.337 e. The van der Waals surface area contributed by atoms with Gasteiger partial charge in [-0.2, -0.15) is 4.98 Å². The summed E-state index contributed by atoms with van der Waals surface area (Å²) in [7, 11) is 1.33. The zero-order chi connectivity index (χ0) is 17.6. The number of benzene rings is 2. The molecule has 7 heteroatoms. The van der Waals surface area contributed by atoms with E-state index in [-0.39, 0.29) is 0 Å². The number of nitrogens with zero attached hydrogens (tertiary/aromatic N) is 2. The van der Waals surface area contributed by atoms with E-state index in [1.165, 1.54) is 7.11 Å². The number of anilines is 4. The number of esters is 1. The molecule has 0 aliphatic heterocycles. The fourth-order valence-electron chi connectivity index (χ4n) is 2.14. The lowest BCUT2D eigenvalue weighted by Gasteiger charge is -2.10. The SMILES string of the molecule is COC(=O)c1ccc(Cl)c(Nc2nccc(Nc3ccccc3)n2)c1. The molecule has 0 bridgehead atoms. The van der Waals surface area contributed by atoms with Crippen LogP contribution in [0.3, 0.4) is 0 Å². The van der Waals surface area contributed by atoms with Gasteiger partial charge in [-0.15, -0.1) is 0 Å². The highest BCUT2D eigenvalue weighted by atomic mass is 35.5. The number of hydrogen-bond donors (Lipinski definition) is 2. The van der Waals surface area contributed by atoms with Crippen LogP contribution in [0, 0.1) is 0 Å². The number of nitrogens with one attached hydrogen (secondary N) is 2. The molecule has 2 N–H and O–H groups in total. The van der Waals surface area contributed by atoms with Crippen molar-refractivity contribution >= 4 is 40.7 Å². The van der Waals surface area contributed by atoms with Gasteiger partial charge in [0.15, 0.2) is 0 Å². The van der Waals surface area contributed by atoms with E-state index in [1.807, 2.05) is 30.3 Å². The summed E-state index contributed by atoms with van der Waals surface area (Å²) in [5, 5.41) is 6.64. The number of carbonyl (C=O) groups excluding carboxylic acids is 1. The van der Waals surface area contributed by atoms with Gasteiger partial charge in [0.25, 0.3) is 0 Å². The second-order valence-corrected chi connectivity index (χ2v) is 5.47. The highest BCUT2D eigenvalue weighted by Gasteiger charge is 2.10. The summed E-state index contributed by atoms with van der Waals surface area (Å²) >= 11 is 6.18. The van der Waals surface area contributed by atoms with Crippen LogP contribution in [0.5, 0.6) is 0 Å². The second-order valence-electron chi connectivity index (χ2n) is 5.07. The van der Waals surface area contributed by atoms with E-state index in [0.29, 0.717) is 28.0 Å². The van der Waals surface area contributed by atoms with Gasteiger partial charge >= 0.3 is 5.97 Å². The van der Waals surface area contributed by atoms with Crippen LogP contribution in [-0.4, -0.2) is 23.0 Å². The van der Waals surface area contributed by atoms with Crippen LogP contribution >= 0.6 is 11.6 Å². The third-order valence-corrected chi connectivity index (χ3v) is 3.67. The highest BCUT2D eigenvalue weighted by Crippen LogP contribution is 2.26. The molecule has 0 aliphatic rings. The van der Waals surface area contributed by atoms with Crippen LogP contribution in [0.25, 0.3) is 0 Å². The first-order valence-corrected chi connectivity index (χ1v) is 7.83. The molecule has 0 amide bonds. The summed E-state index contributed by atoms with van der Waals surface area (Å²) < 4.78 is 4.72. The summed E-state index contributed by atoms with van der Waals surface area (Å²) in [6.07, 6.45) is 1.62. The number of rotatable bonds is 5. The molecular formula is C18H15ClN4O2. The van der Waals surface area contributed by atoms with Gasteiger partial charge in [0, 0.05) is 11.9 Å². The first kappa shape index (κ1) is 16.7. The minimum atomic E-state index is -0.444. The number of hydrogen-bond acceptors (Lipinski definition) is 6. The van der Waals surface area contributed by atoms with Gasteiger partial charge < -0.3 is 15.4 Å². The van der Waals surface area contributed by atoms with E-state index in [0.717, 1.165) is 5.69 Å². The number of methoxy groups -OCH3 is 1. The van der Waals surface area contributed by atoms with E-state index in [1.54, 1.807) is 30.5 Å². The van der Waals surface area contributed by atoms with Crippen molar-refractivity contribution in [2.45, 2.75) is 0 Å². The standard InChI is InChI=1S/C18H15ClN4O2/c1-25-17(24)12-7-8-14(19)15(11-12)22-18-20-10-9-16(23-18)21-13-5-3-2-4-6-13/h2-11H,1H3,(H2,20,21,22,23). The molecule has 3 aromatic rings. The van der Waals surface area contributed by atoms with Crippen molar-refractivity contribution < 1.29 is 9.53 Å². The monoisotopic (exact) mass is 354 g/mol. The molecule has 0 unspecified atom stereocenters. The zero-order valence-electron chi connectivity index (χ0n) is 13.4. The molecule has 0 saturated carbocycles. The Labute approximate surface area is 149 Å². The Morgan fingerprint density at radius 3 is 2.64 bits per heavy atom. The van der Waals surface area contributed by atoms with E-state index < -0.39 is 5.97 Å². The molecule has 126 valence electrons. The third-order valence-electron chi connectivity index (χ3n) is 3.34. The third kappa shape index (κ3) is 4.24. The predicted molar refractivity (Wildman–Crippen MR) is 97.8 cm³/mol. The Morgan fingerprint density at radius 1 is 1.08 bits per heavy atom. The molecule has 0 radical (unpaired) electrons. The molecule has 0 aliphatic carbocycles. The summed E-state index contributed by atoms with van der Waals surface area (Å²) in [5.41, 5.74) is 1.81. The number of para-hydroxylation sites is 1. The lowest BCUT2D eigenvalue weighted by molar-refractivity contribution is 0.0601. The van der Waals surface area contributed by atoms with E-state index in [2.05, 4.69) is 20.6 Å². The van der Waals surface area contributed by atoms with Gasteiger partial charge in [0.2, 0.25) is 5.95 Å². The molecule has 0 spiro atoms. The highest BCUT2D eigenvalue weighted by molar-refractivity contribution is 6.33. The Kier molecular flexibility index (Phi) is 5.11. The lowest BCUT2D eigenvalue weighted by atomic mass is 10.2. The van der Waals surface area contributed by atoms with Crippen molar-refractivity contribution in [3.63, 3.8) is 0 Å². The predicted octanol–water partition coefficient (Wildman–Crippen LogP) is 4.40. The number of halogens is 1. The molecule has 2 aromatic carbocycles. The maximum Gasteiger partial charge on any atom is 0.337 e. The van der Waals surface area contributed by atoms with E-state index >= 15 is 0 Å². The minimum absolute atomic E-state index is 0.352. The van der Waals surface area contributed by atoms with Crippen molar-refractivity contribution in [3.8, 4) is 0 Å². The van der Waals surface area contributed by atoms with Crippen molar-refractivity contribution in [1.82, 2.24) is 9.97 Å². The van der Waals surface area contributed by atoms with Gasteiger partial charge in [-0.05, 0) is 36.4 Å². The molecule has 1 aromatic heterocycles. The fraction of sp³-hybridized carbons (Fsp3) is 0.0556.